The van der Waals surface area contributed by atoms with E-state index in [4.69, 9.17) is 20.3 Å². The Kier molecular flexibility index (Phi) is 6.62. The molecular weight excluding hydrogens is 460 g/mol. The Morgan fingerprint density at radius 2 is 2.06 bits per heavy atom. The first-order valence-electron chi connectivity index (χ1n) is 9.93. The molecule has 0 radical (unpaired) electrons. The maximum absolute atomic E-state index is 13.0. The second-order valence-electron chi connectivity index (χ2n) is 6.82. The number of carboxylic acids is 1. The van der Waals surface area contributed by atoms with E-state index in [1.165, 1.54) is 18.0 Å². The first kappa shape index (κ1) is 22.9. The number of rotatable bonds is 9. The molecule has 0 saturated heterocycles. The van der Waals surface area contributed by atoms with Crippen LogP contribution < -0.4 is 20.6 Å². The number of para-hydroxylation sites is 1. The van der Waals surface area contributed by atoms with E-state index >= 15 is 0 Å². The van der Waals surface area contributed by atoms with E-state index in [1.807, 2.05) is 0 Å². The lowest BCUT2D eigenvalue weighted by molar-refractivity contribution is -0.139. The number of carbonyl (C=O) groups is 2. The van der Waals surface area contributed by atoms with Gasteiger partial charge in [0.1, 0.15) is 17.2 Å². The van der Waals surface area contributed by atoms with Gasteiger partial charge in [0.05, 0.1) is 13.3 Å². The number of hydrogen-bond donors (Lipinski definition) is 3. The van der Waals surface area contributed by atoms with Crippen LogP contribution in [0.5, 0.6) is 11.5 Å². The number of amides is 1. The average molecular weight is 478 g/mol. The van der Waals surface area contributed by atoms with Crippen LogP contribution in [0.4, 0.5) is 5.82 Å². The van der Waals surface area contributed by atoms with Crippen molar-refractivity contribution in [3.63, 3.8) is 0 Å². The average Bonchev–Trinajstić information content (AvgIpc) is 3.49. The molecule has 14 nitrogen and oxygen atoms in total. The van der Waals surface area contributed by atoms with Crippen molar-refractivity contribution in [2.24, 2.45) is 5.10 Å². The van der Waals surface area contributed by atoms with E-state index in [1.54, 1.807) is 48.5 Å². The van der Waals surface area contributed by atoms with E-state index in [2.05, 4.69) is 35.8 Å². The lowest BCUT2D eigenvalue weighted by Crippen LogP contribution is -2.19. The molecule has 0 aliphatic carbocycles. The van der Waals surface area contributed by atoms with Crippen molar-refractivity contribution < 1.29 is 28.8 Å². The lowest BCUT2D eigenvalue weighted by atomic mass is 10.1. The van der Waals surface area contributed by atoms with Crippen LogP contribution in [-0.4, -0.2) is 62.2 Å². The monoisotopic (exact) mass is 478 g/mol. The molecule has 2 heterocycles. The topological polar surface area (TPSA) is 193 Å². The molecule has 0 fully saturated rings. The molecule has 178 valence electrons. The van der Waals surface area contributed by atoms with E-state index < -0.39 is 18.5 Å². The number of nitrogens with zero attached hydrogens (tertiary/aromatic N) is 6. The van der Waals surface area contributed by atoms with Crippen LogP contribution in [0.3, 0.4) is 0 Å². The fraction of sp³-hybridized carbons (Fsp3) is 0.0952. The Labute approximate surface area is 196 Å². The number of benzene rings is 2. The smallest absolute Gasteiger partial charge is 0.341 e. The number of carbonyl (C=O) groups excluding carboxylic acids is 1. The highest BCUT2D eigenvalue weighted by Gasteiger charge is 2.25. The zero-order chi connectivity index (χ0) is 24.8. The Morgan fingerprint density at radius 3 is 2.80 bits per heavy atom. The molecule has 2 aromatic heterocycles. The molecule has 35 heavy (non-hydrogen) atoms. The first-order chi connectivity index (χ1) is 17.0. The Hall–Kier alpha value is -5.27. The summed E-state index contributed by atoms with van der Waals surface area (Å²) >= 11 is 0. The molecule has 14 heteroatoms. The van der Waals surface area contributed by atoms with Crippen LogP contribution in [0, 0.1) is 0 Å². The minimum Gasteiger partial charge on any atom is -0.497 e. The summed E-state index contributed by atoms with van der Waals surface area (Å²) in [5.41, 5.74) is 9.31. The minimum absolute atomic E-state index is 0.0439. The highest BCUT2D eigenvalue weighted by Crippen LogP contribution is 2.29. The van der Waals surface area contributed by atoms with Gasteiger partial charge in [0, 0.05) is 11.1 Å². The Balaban J connectivity index is 1.64. The summed E-state index contributed by atoms with van der Waals surface area (Å²) < 4.78 is 16.4. The Bertz CT molecular complexity index is 1400. The number of nitrogens with two attached hydrogens (primary N) is 1. The van der Waals surface area contributed by atoms with Gasteiger partial charge in [-0.2, -0.15) is 9.78 Å². The molecule has 0 aliphatic heterocycles. The van der Waals surface area contributed by atoms with Gasteiger partial charge in [-0.1, -0.05) is 29.5 Å². The van der Waals surface area contributed by atoms with Gasteiger partial charge in [-0.25, -0.2) is 14.8 Å². The normalized spacial score (nSPS) is 10.9. The Morgan fingerprint density at radius 1 is 1.23 bits per heavy atom. The van der Waals surface area contributed by atoms with E-state index in [-0.39, 0.29) is 28.8 Å². The molecule has 2 aromatic carbocycles. The highest BCUT2D eigenvalue weighted by molar-refractivity contribution is 5.99. The molecule has 0 saturated carbocycles. The van der Waals surface area contributed by atoms with Crippen molar-refractivity contribution in [2.45, 2.75) is 0 Å². The maximum atomic E-state index is 13.0. The van der Waals surface area contributed by atoms with E-state index in [0.717, 1.165) is 0 Å². The molecule has 1 amide bonds. The van der Waals surface area contributed by atoms with Crippen LogP contribution in [0.25, 0.3) is 17.1 Å². The minimum atomic E-state index is -1.12. The third-order valence-corrected chi connectivity index (χ3v) is 4.56. The zero-order valence-electron chi connectivity index (χ0n) is 18.2. The number of carboxylic acid groups (broad SMARTS) is 1. The number of methoxy groups -OCH3 is 1. The van der Waals surface area contributed by atoms with E-state index in [0.29, 0.717) is 16.9 Å². The van der Waals surface area contributed by atoms with Crippen molar-refractivity contribution in [3.05, 3.63) is 59.8 Å². The van der Waals surface area contributed by atoms with Crippen molar-refractivity contribution in [2.75, 3.05) is 19.5 Å². The van der Waals surface area contributed by atoms with Gasteiger partial charge in [0.2, 0.25) is 11.6 Å². The summed E-state index contributed by atoms with van der Waals surface area (Å²) in [6.07, 6.45) is 1.31. The van der Waals surface area contributed by atoms with Crippen molar-refractivity contribution >= 4 is 23.9 Å². The summed E-state index contributed by atoms with van der Waals surface area (Å²) in [5.74, 6) is -1.01. The van der Waals surface area contributed by atoms with Crippen molar-refractivity contribution in [3.8, 4) is 28.6 Å². The van der Waals surface area contributed by atoms with Gasteiger partial charge in [-0.3, -0.25) is 4.79 Å². The summed E-state index contributed by atoms with van der Waals surface area (Å²) in [4.78, 5) is 23.8. The SMILES string of the molecule is COc1cccc(-c2c(C(=O)N/N=C/c3ccccc3OCC(=O)O)nnn2-c2nonc2N)c1. The summed E-state index contributed by atoms with van der Waals surface area (Å²) in [5, 5.41) is 28.0. The van der Waals surface area contributed by atoms with Gasteiger partial charge < -0.3 is 20.3 Å². The number of aromatic nitrogens is 5. The molecular formula is C21H18N8O6. The molecule has 4 aromatic rings. The first-order valence-corrected chi connectivity index (χ1v) is 9.93. The predicted octanol–water partition coefficient (Wildman–Crippen LogP) is 1.14. The number of hydrazone groups is 1. The molecule has 0 atom stereocenters. The van der Waals surface area contributed by atoms with Crippen molar-refractivity contribution in [1.29, 1.82) is 0 Å². The van der Waals surface area contributed by atoms with E-state index in [9.17, 15) is 9.59 Å². The number of anilines is 1. The fourth-order valence-corrected chi connectivity index (χ4v) is 3.02. The third kappa shape index (κ3) is 5.05. The lowest BCUT2D eigenvalue weighted by Gasteiger charge is -2.08. The van der Waals surface area contributed by atoms with Gasteiger partial charge in [0.25, 0.3) is 5.91 Å². The number of hydrogen-bond acceptors (Lipinski definition) is 11. The third-order valence-electron chi connectivity index (χ3n) is 4.56. The van der Waals surface area contributed by atoms with Crippen LogP contribution in [0.15, 0.2) is 58.3 Å². The summed E-state index contributed by atoms with van der Waals surface area (Å²) in [6, 6.07) is 13.5. The van der Waals surface area contributed by atoms with Gasteiger partial charge in [0.15, 0.2) is 12.3 Å². The van der Waals surface area contributed by atoms with Gasteiger partial charge >= 0.3 is 5.97 Å². The second kappa shape index (κ2) is 10.1. The second-order valence-corrected chi connectivity index (χ2v) is 6.82. The number of nitrogen functional groups attached to an aromatic ring is 1. The highest BCUT2D eigenvalue weighted by atomic mass is 16.6. The van der Waals surface area contributed by atoms with Crippen LogP contribution in [0.2, 0.25) is 0 Å². The maximum Gasteiger partial charge on any atom is 0.341 e. The van der Waals surface area contributed by atoms with Gasteiger partial charge in [-0.15, -0.1) is 5.10 Å². The number of nitrogens with one attached hydrogen (secondary N) is 1. The predicted molar refractivity (Wildman–Crippen MR) is 120 cm³/mol. The molecule has 4 N–H and O–H groups in total. The largest absolute Gasteiger partial charge is 0.497 e. The fourth-order valence-electron chi connectivity index (χ4n) is 3.02. The number of aliphatic carboxylic acids is 1. The van der Waals surface area contributed by atoms with Gasteiger partial charge in [-0.05, 0) is 34.6 Å². The molecule has 0 unspecified atom stereocenters. The molecule has 4 rings (SSSR count). The quantitative estimate of drug-likeness (QED) is 0.231. The summed E-state index contributed by atoms with van der Waals surface area (Å²) in [7, 11) is 1.51. The molecule has 0 spiro atoms. The van der Waals surface area contributed by atoms with Crippen LogP contribution in [-0.2, 0) is 4.79 Å². The van der Waals surface area contributed by atoms with Crippen LogP contribution in [0.1, 0.15) is 16.1 Å². The van der Waals surface area contributed by atoms with Crippen LogP contribution >= 0.6 is 0 Å². The summed E-state index contributed by atoms with van der Waals surface area (Å²) in [6.45, 7) is -0.524. The van der Waals surface area contributed by atoms with Crippen molar-refractivity contribution in [1.82, 2.24) is 30.7 Å². The zero-order valence-corrected chi connectivity index (χ0v) is 18.2. The number of ether oxygens (including phenoxy) is 2. The molecule has 0 aliphatic rings. The standard InChI is InChI=1S/C21H18N8O6/c1-33-14-7-4-6-12(9-14)18-17(24-28-29(18)20-19(22)26-35-27-20)21(32)25-23-10-13-5-2-3-8-15(13)34-11-16(30)31/h2-10H,11H2,1H3,(H2,22,26)(H,25,32)(H,30,31)/b23-10+. The molecule has 0 bridgehead atoms.